The molecule has 1 aliphatic rings. The van der Waals surface area contributed by atoms with Crippen molar-refractivity contribution in [3.05, 3.63) is 65.5 Å². The van der Waals surface area contributed by atoms with Crippen molar-refractivity contribution in [1.82, 2.24) is 10.2 Å². The van der Waals surface area contributed by atoms with Gasteiger partial charge in [-0.2, -0.15) is 0 Å². The fourth-order valence-electron chi connectivity index (χ4n) is 4.68. The first-order valence-corrected chi connectivity index (χ1v) is 14.3. The molecule has 2 aromatic rings. The Balaban J connectivity index is 1.92. The highest BCUT2D eigenvalue weighted by Gasteiger charge is 2.33. The second kappa shape index (κ2) is 12.3. The van der Waals surface area contributed by atoms with Crippen molar-refractivity contribution < 1.29 is 22.4 Å². The van der Waals surface area contributed by atoms with Crippen molar-refractivity contribution in [3.8, 4) is 0 Å². The van der Waals surface area contributed by atoms with Gasteiger partial charge in [0, 0.05) is 12.6 Å². The molecule has 1 N–H and O–H groups in total. The highest BCUT2D eigenvalue weighted by Crippen LogP contribution is 2.22. The van der Waals surface area contributed by atoms with Gasteiger partial charge in [-0.3, -0.25) is 13.9 Å². The maximum atomic E-state index is 13.9. The maximum absolute atomic E-state index is 13.9. The smallest absolute Gasteiger partial charge is 0.244 e. The number of sulfonamides is 1. The molecule has 1 atom stereocenters. The summed E-state index contributed by atoms with van der Waals surface area (Å²) in [5.41, 5.74) is 1.88. The van der Waals surface area contributed by atoms with Gasteiger partial charge in [0.15, 0.2) is 0 Å². The molecule has 0 bridgehead atoms. The van der Waals surface area contributed by atoms with Crippen molar-refractivity contribution in [1.29, 1.82) is 0 Å². The number of nitrogens with one attached hydrogen (secondary N) is 1. The predicted molar refractivity (Wildman–Crippen MR) is 139 cm³/mol. The van der Waals surface area contributed by atoms with Gasteiger partial charge in [-0.1, -0.05) is 56.5 Å². The zero-order chi connectivity index (χ0) is 26.3. The summed E-state index contributed by atoms with van der Waals surface area (Å²) in [6, 6.07) is 12.0. The van der Waals surface area contributed by atoms with Crippen molar-refractivity contribution >= 4 is 27.5 Å². The van der Waals surface area contributed by atoms with E-state index in [-0.39, 0.29) is 24.2 Å². The van der Waals surface area contributed by atoms with Crippen LogP contribution >= 0.6 is 0 Å². The Bertz CT molecular complexity index is 1170. The van der Waals surface area contributed by atoms with Gasteiger partial charge in [0.1, 0.15) is 18.4 Å². The molecule has 1 aliphatic carbocycles. The molecule has 1 fully saturated rings. The third-order valence-electron chi connectivity index (χ3n) is 6.71. The second-order valence-electron chi connectivity index (χ2n) is 9.47. The summed E-state index contributed by atoms with van der Waals surface area (Å²) >= 11 is 0. The van der Waals surface area contributed by atoms with Crippen LogP contribution in [0, 0.1) is 12.7 Å². The van der Waals surface area contributed by atoms with E-state index in [0.717, 1.165) is 59.9 Å². The molecule has 0 heterocycles. The van der Waals surface area contributed by atoms with E-state index >= 15 is 0 Å². The summed E-state index contributed by atoms with van der Waals surface area (Å²) in [6.07, 6.45) is 6.45. The lowest BCUT2D eigenvalue weighted by atomic mass is 9.95. The fourth-order valence-corrected chi connectivity index (χ4v) is 5.52. The van der Waals surface area contributed by atoms with E-state index in [1.54, 1.807) is 0 Å². The lowest BCUT2D eigenvalue weighted by Gasteiger charge is -2.34. The van der Waals surface area contributed by atoms with Crippen LogP contribution in [0.1, 0.15) is 56.6 Å². The van der Waals surface area contributed by atoms with Crippen LogP contribution in [-0.2, 0) is 26.2 Å². The number of nitrogens with zero attached hydrogens (tertiary/aromatic N) is 2. The number of carbonyl (C=O) groups excluding carboxylic acids is 2. The second-order valence-corrected chi connectivity index (χ2v) is 11.4. The molecule has 196 valence electrons. The van der Waals surface area contributed by atoms with Crippen LogP contribution in [0.3, 0.4) is 0 Å². The molecule has 36 heavy (non-hydrogen) atoms. The number of carbonyl (C=O) groups is 2. The Morgan fingerprint density at radius 3 is 2.39 bits per heavy atom. The minimum Gasteiger partial charge on any atom is -0.352 e. The first kappa shape index (κ1) is 27.6. The minimum absolute atomic E-state index is 0.0568. The molecule has 0 saturated heterocycles. The summed E-state index contributed by atoms with van der Waals surface area (Å²) in [7, 11) is -3.90. The van der Waals surface area contributed by atoms with Gasteiger partial charge in [0.25, 0.3) is 0 Å². The molecule has 1 saturated carbocycles. The fraction of sp³-hybridized carbons (Fsp3) is 0.481. The lowest BCUT2D eigenvalue weighted by molar-refractivity contribution is -0.140. The number of halogens is 1. The van der Waals surface area contributed by atoms with E-state index in [1.165, 1.54) is 23.1 Å². The van der Waals surface area contributed by atoms with Crippen LogP contribution < -0.4 is 9.62 Å². The number of anilines is 1. The summed E-state index contributed by atoms with van der Waals surface area (Å²) in [5, 5.41) is 3.11. The minimum atomic E-state index is -3.90. The molecular formula is C27H36FN3O4S. The normalized spacial score (nSPS) is 15.2. The SMILES string of the molecule is CCC(C(=O)NC1CCCCC1)N(Cc1ccccc1C)C(=O)CN(c1cccc(F)c1)S(C)(=O)=O. The van der Waals surface area contributed by atoms with E-state index < -0.39 is 34.3 Å². The molecule has 9 heteroatoms. The van der Waals surface area contributed by atoms with Crippen LogP contribution in [0.25, 0.3) is 0 Å². The highest BCUT2D eigenvalue weighted by molar-refractivity contribution is 7.92. The molecule has 0 radical (unpaired) electrons. The average molecular weight is 518 g/mol. The lowest BCUT2D eigenvalue weighted by Crippen LogP contribution is -2.54. The Hall–Kier alpha value is -2.94. The first-order valence-electron chi connectivity index (χ1n) is 12.5. The molecule has 0 aromatic heterocycles. The zero-order valence-corrected chi connectivity index (χ0v) is 22.1. The molecule has 1 unspecified atom stereocenters. The van der Waals surface area contributed by atoms with Crippen molar-refractivity contribution in [2.45, 2.75) is 71.0 Å². The van der Waals surface area contributed by atoms with Gasteiger partial charge in [0.2, 0.25) is 21.8 Å². The Labute approximate surface area is 213 Å². The summed E-state index contributed by atoms with van der Waals surface area (Å²) in [4.78, 5) is 28.5. The summed E-state index contributed by atoms with van der Waals surface area (Å²) in [5.74, 6) is -1.37. The largest absolute Gasteiger partial charge is 0.352 e. The number of hydrogen-bond acceptors (Lipinski definition) is 4. The van der Waals surface area contributed by atoms with Gasteiger partial charge in [-0.15, -0.1) is 0 Å². The summed E-state index contributed by atoms with van der Waals surface area (Å²) in [6.45, 7) is 3.38. The number of rotatable bonds is 10. The molecule has 7 nitrogen and oxygen atoms in total. The Kier molecular flexibility index (Phi) is 9.48. The molecular weight excluding hydrogens is 481 g/mol. The van der Waals surface area contributed by atoms with Gasteiger partial charge < -0.3 is 10.2 Å². The monoisotopic (exact) mass is 517 g/mol. The van der Waals surface area contributed by atoms with E-state index in [1.807, 2.05) is 38.1 Å². The van der Waals surface area contributed by atoms with Gasteiger partial charge in [-0.25, -0.2) is 12.8 Å². The predicted octanol–water partition coefficient (Wildman–Crippen LogP) is 4.16. The molecule has 0 spiro atoms. The van der Waals surface area contributed by atoms with Gasteiger partial charge >= 0.3 is 0 Å². The van der Waals surface area contributed by atoms with Crippen LogP contribution in [0.2, 0.25) is 0 Å². The summed E-state index contributed by atoms with van der Waals surface area (Å²) < 4.78 is 40.0. The Morgan fingerprint density at radius 2 is 1.78 bits per heavy atom. The zero-order valence-electron chi connectivity index (χ0n) is 21.2. The topological polar surface area (TPSA) is 86.8 Å². The first-order chi connectivity index (χ1) is 17.1. The maximum Gasteiger partial charge on any atom is 0.244 e. The van der Waals surface area contributed by atoms with Crippen molar-refractivity contribution in [2.24, 2.45) is 0 Å². The molecule has 2 aromatic carbocycles. The van der Waals surface area contributed by atoms with Crippen molar-refractivity contribution in [3.63, 3.8) is 0 Å². The average Bonchev–Trinajstić information content (AvgIpc) is 2.83. The van der Waals surface area contributed by atoms with Crippen LogP contribution in [0.5, 0.6) is 0 Å². The number of amides is 2. The van der Waals surface area contributed by atoms with Gasteiger partial charge in [0.05, 0.1) is 11.9 Å². The standard InChI is InChI=1S/C27H36FN3O4S/c1-4-25(27(33)29-23-14-6-5-7-15-23)30(18-21-12-9-8-11-20(21)2)26(32)19-31(36(3,34)35)24-16-10-13-22(28)17-24/h8-13,16-17,23,25H,4-7,14-15,18-19H2,1-3H3,(H,29,33). The molecule has 0 aliphatic heterocycles. The Morgan fingerprint density at radius 1 is 1.08 bits per heavy atom. The van der Waals surface area contributed by atoms with Crippen LogP contribution in [-0.4, -0.2) is 50.0 Å². The number of hydrogen-bond donors (Lipinski definition) is 1. The van der Waals surface area contributed by atoms with E-state index in [4.69, 9.17) is 0 Å². The number of aryl methyl sites for hydroxylation is 1. The van der Waals surface area contributed by atoms with Crippen LogP contribution in [0.4, 0.5) is 10.1 Å². The van der Waals surface area contributed by atoms with E-state index in [9.17, 15) is 22.4 Å². The molecule has 3 rings (SSSR count). The van der Waals surface area contributed by atoms with Crippen LogP contribution in [0.15, 0.2) is 48.5 Å². The van der Waals surface area contributed by atoms with Gasteiger partial charge in [-0.05, 0) is 55.5 Å². The van der Waals surface area contributed by atoms with E-state index in [2.05, 4.69) is 5.32 Å². The highest BCUT2D eigenvalue weighted by atomic mass is 32.2. The quantitative estimate of drug-likeness (QED) is 0.513. The van der Waals surface area contributed by atoms with Crippen molar-refractivity contribution in [2.75, 3.05) is 17.1 Å². The third-order valence-corrected chi connectivity index (χ3v) is 7.86. The van der Waals surface area contributed by atoms with E-state index in [0.29, 0.717) is 6.42 Å². The number of benzene rings is 2. The third kappa shape index (κ3) is 7.29. The molecule has 2 amide bonds.